The topological polar surface area (TPSA) is 64.6 Å². The van der Waals surface area contributed by atoms with Crippen LogP contribution in [0.15, 0.2) is 23.0 Å². The summed E-state index contributed by atoms with van der Waals surface area (Å²) in [6, 6.07) is 0. The summed E-state index contributed by atoms with van der Waals surface area (Å²) in [4.78, 5) is 0. The van der Waals surface area contributed by atoms with E-state index in [0.29, 0.717) is 24.7 Å². The second-order valence-corrected chi connectivity index (χ2v) is 7.27. The fourth-order valence-corrected chi connectivity index (χ4v) is 3.06. The minimum absolute atomic E-state index is 0.0971. The van der Waals surface area contributed by atoms with Gasteiger partial charge in [-0.3, -0.25) is 0 Å². The van der Waals surface area contributed by atoms with Crippen molar-refractivity contribution >= 4 is 0 Å². The van der Waals surface area contributed by atoms with Crippen LogP contribution in [0, 0.1) is 0 Å². The van der Waals surface area contributed by atoms with Crippen molar-refractivity contribution in [3.8, 4) is 0 Å². The van der Waals surface area contributed by atoms with E-state index in [2.05, 4.69) is 13.8 Å². The van der Waals surface area contributed by atoms with Gasteiger partial charge in [-0.25, -0.2) is 0 Å². The molecule has 0 saturated carbocycles. The number of unbranched alkanes of at least 4 members (excludes halogenated alkanes) is 6. The van der Waals surface area contributed by atoms with Gasteiger partial charge in [-0.05, 0) is 12.8 Å². The second-order valence-electron chi connectivity index (χ2n) is 7.27. The van der Waals surface area contributed by atoms with Crippen LogP contribution in [0.5, 0.6) is 0 Å². The van der Waals surface area contributed by atoms with Crippen molar-refractivity contribution in [1.82, 2.24) is 0 Å². The van der Waals surface area contributed by atoms with Gasteiger partial charge in [-0.2, -0.15) is 0 Å². The quantitative estimate of drug-likeness (QED) is 0.116. The van der Waals surface area contributed by atoms with E-state index < -0.39 is 0 Å². The highest BCUT2D eigenvalue weighted by molar-refractivity contribution is 5.02. The van der Waals surface area contributed by atoms with Crippen molar-refractivity contribution in [2.75, 3.05) is 55.2 Å². The zero-order chi connectivity index (χ0) is 23.2. The van der Waals surface area contributed by atoms with Crippen LogP contribution in [0.2, 0.25) is 0 Å². The maximum absolute atomic E-state index is 5.54. The summed E-state index contributed by atoms with van der Waals surface area (Å²) in [7, 11) is 6.58. The van der Waals surface area contributed by atoms with Crippen LogP contribution < -0.4 is 0 Å². The highest BCUT2D eigenvalue weighted by atomic mass is 16.7. The summed E-state index contributed by atoms with van der Waals surface area (Å²) in [6.45, 7) is 5.18. The van der Waals surface area contributed by atoms with E-state index >= 15 is 0 Å². The monoisotopic (exact) mass is 446 g/mol. The normalized spacial score (nSPS) is 12.8. The van der Waals surface area contributed by atoms with Crippen molar-refractivity contribution in [3.63, 3.8) is 0 Å². The van der Waals surface area contributed by atoms with Gasteiger partial charge >= 0.3 is 0 Å². The molecular formula is C24H46O7. The third-order valence-corrected chi connectivity index (χ3v) is 4.92. The van der Waals surface area contributed by atoms with Crippen molar-refractivity contribution in [2.24, 2.45) is 0 Å². The largest absolute Gasteiger partial charge is 0.498 e. The second kappa shape index (κ2) is 21.8. The lowest BCUT2D eigenvalue weighted by Gasteiger charge is -2.15. The molecule has 0 fully saturated rings. The zero-order valence-corrected chi connectivity index (χ0v) is 20.8. The fourth-order valence-electron chi connectivity index (χ4n) is 3.06. The van der Waals surface area contributed by atoms with E-state index in [4.69, 9.17) is 33.2 Å². The zero-order valence-electron chi connectivity index (χ0n) is 20.8. The van der Waals surface area contributed by atoms with Crippen molar-refractivity contribution in [2.45, 2.75) is 78.1 Å². The van der Waals surface area contributed by atoms with Crippen LogP contribution in [-0.2, 0) is 33.2 Å². The molecule has 0 heterocycles. The Labute approximate surface area is 190 Å². The van der Waals surface area contributed by atoms with Gasteiger partial charge in [0.05, 0.1) is 28.4 Å². The van der Waals surface area contributed by atoms with Crippen LogP contribution in [-0.4, -0.2) is 55.2 Å². The molecule has 0 N–H and O–H groups in total. The average Bonchev–Trinajstić information content (AvgIpc) is 2.79. The Morgan fingerprint density at radius 1 is 0.452 bits per heavy atom. The number of methoxy groups -OCH3 is 4. The van der Waals surface area contributed by atoms with E-state index in [0.717, 1.165) is 37.2 Å². The molecule has 0 spiro atoms. The third kappa shape index (κ3) is 15.1. The van der Waals surface area contributed by atoms with Crippen LogP contribution in [0.4, 0.5) is 0 Å². The van der Waals surface area contributed by atoms with Gasteiger partial charge < -0.3 is 33.2 Å². The van der Waals surface area contributed by atoms with Crippen molar-refractivity contribution in [1.29, 1.82) is 0 Å². The maximum atomic E-state index is 5.54. The summed E-state index contributed by atoms with van der Waals surface area (Å²) in [6.07, 6.45) is 11.1. The van der Waals surface area contributed by atoms with Gasteiger partial charge in [-0.15, -0.1) is 0 Å². The Morgan fingerprint density at radius 3 is 1.16 bits per heavy atom. The molecule has 0 aliphatic heterocycles. The molecular weight excluding hydrogens is 400 g/mol. The Hall–Kier alpha value is -1.44. The number of hydrogen-bond donors (Lipinski definition) is 0. The SMILES string of the molecule is CCCCCCC(OC)=C(COCOCOCC(OC)=C(CCCCCC)OC)OC. The molecule has 0 saturated heterocycles. The predicted octanol–water partition coefficient (Wildman–Crippen LogP) is 5.90. The van der Waals surface area contributed by atoms with Crippen LogP contribution in [0.3, 0.4) is 0 Å². The average molecular weight is 447 g/mol. The molecule has 7 nitrogen and oxygen atoms in total. The van der Waals surface area contributed by atoms with Crippen molar-refractivity contribution in [3.05, 3.63) is 23.0 Å². The first-order valence-corrected chi connectivity index (χ1v) is 11.5. The number of allylic oxidation sites excluding steroid dienone is 2. The lowest BCUT2D eigenvalue weighted by Crippen LogP contribution is -2.12. The standard InChI is InChI=1S/C24H46O7/c1-7-9-11-13-15-21(25-3)23(27-5)17-29-19-31-20-30-18-24(28-6)22(26-4)16-14-12-10-8-2/h7-20H2,1-6H3. The highest BCUT2D eigenvalue weighted by Gasteiger charge is 2.10. The molecule has 0 radical (unpaired) electrons. The van der Waals surface area contributed by atoms with Crippen LogP contribution >= 0.6 is 0 Å². The minimum Gasteiger partial charge on any atom is -0.498 e. The molecule has 0 aliphatic rings. The van der Waals surface area contributed by atoms with Gasteiger partial charge in [-0.1, -0.05) is 52.4 Å². The van der Waals surface area contributed by atoms with Gasteiger partial charge in [0.1, 0.15) is 38.3 Å². The minimum atomic E-state index is 0.0971. The van der Waals surface area contributed by atoms with Crippen molar-refractivity contribution < 1.29 is 33.2 Å². The molecule has 0 aromatic rings. The molecule has 0 aliphatic carbocycles. The van der Waals surface area contributed by atoms with Gasteiger partial charge in [0.25, 0.3) is 0 Å². The summed E-state index contributed by atoms with van der Waals surface area (Å²) in [5.74, 6) is 3.05. The smallest absolute Gasteiger partial charge is 0.159 e. The Morgan fingerprint density at radius 2 is 0.839 bits per heavy atom. The molecule has 7 heteroatoms. The number of ether oxygens (including phenoxy) is 7. The van der Waals surface area contributed by atoms with Crippen LogP contribution in [0.1, 0.15) is 78.1 Å². The molecule has 0 rings (SSSR count). The molecule has 0 atom stereocenters. The van der Waals surface area contributed by atoms with Gasteiger partial charge in [0.15, 0.2) is 11.5 Å². The van der Waals surface area contributed by atoms with E-state index in [1.165, 1.54) is 38.5 Å². The maximum Gasteiger partial charge on any atom is 0.159 e. The summed E-state index contributed by atoms with van der Waals surface area (Å²) >= 11 is 0. The van der Waals surface area contributed by atoms with E-state index in [-0.39, 0.29) is 13.6 Å². The van der Waals surface area contributed by atoms with E-state index in [1.54, 1.807) is 28.4 Å². The molecule has 0 aromatic carbocycles. The number of hydrogen-bond acceptors (Lipinski definition) is 7. The molecule has 0 aromatic heterocycles. The Kier molecular flexibility index (Phi) is 20.8. The van der Waals surface area contributed by atoms with E-state index in [9.17, 15) is 0 Å². The first kappa shape index (κ1) is 29.6. The third-order valence-electron chi connectivity index (χ3n) is 4.92. The molecule has 184 valence electrons. The van der Waals surface area contributed by atoms with Gasteiger partial charge in [0, 0.05) is 12.8 Å². The fraction of sp³-hybridized carbons (Fsp3) is 0.833. The first-order chi connectivity index (χ1) is 15.2. The summed E-state index contributed by atoms with van der Waals surface area (Å²) in [5.41, 5.74) is 0. The highest BCUT2D eigenvalue weighted by Crippen LogP contribution is 2.17. The predicted molar refractivity (Wildman–Crippen MR) is 122 cm³/mol. The van der Waals surface area contributed by atoms with E-state index in [1.807, 2.05) is 0 Å². The lowest BCUT2D eigenvalue weighted by atomic mass is 10.1. The summed E-state index contributed by atoms with van der Waals surface area (Å²) in [5, 5.41) is 0. The van der Waals surface area contributed by atoms with Crippen LogP contribution in [0.25, 0.3) is 0 Å². The lowest BCUT2D eigenvalue weighted by molar-refractivity contribution is -0.130. The van der Waals surface area contributed by atoms with Gasteiger partial charge in [0.2, 0.25) is 0 Å². The number of rotatable bonds is 22. The summed E-state index contributed by atoms with van der Waals surface area (Å²) < 4.78 is 38.3. The molecule has 0 bridgehead atoms. The Balaban J connectivity index is 4.21. The Bertz CT molecular complexity index is 433. The molecule has 0 unspecified atom stereocenters. The molecule has 0 amide bonds. The first-order valence-electron chi connectivity index (χ1n) is 11.5. The molecule has 31 heavy (non-hydrogen) atoms.